The van der Waals surface area contributed by atoms with E-state index in [1.165, 1.54) is 76.0 Å². The standard InChI is InChI=1S/C13H15NO.3C4H9.Sn/c1-3-4-9-12-10-7-5-6-8-11(10)13(15)14(12)2;3*1-3-4-2;/h5-8H,2-4,9H2,1H3;3*1,3-4H2,2H3;/q+1;;;;. The van der Waals surface area contributed by atoms with E-state index in [9.17, 15) is 4.79 Å². The summed E-state index contributed by atoms with van der Waals surface area (Å²) in [6.07, 6.45) is 11.4. The summed E-state index contributed by atoms with van der Waals surface area (Å²) in [6.45, 7) is 9.23. The predicted octanol–water partition coefficient (Wildman–Crippen LogP) is 7.22. The number of benzene rings is 1. The van der Waals surface area contributed by atoms with Gasteiger partial charge in [-0.1, -0.05) is 0 Å². The molecule has 1 aliphatic heterocycles. The predicted molar refractivity (Wildman–Crippen MR) is 124 cm³/mol. The third-order valence-corrected chi connectivity index (χ3v) is 21.4. The number of carbonyl (C=O) groups excluding carboxylic acids is 1. The molecule has 3 heteroatoms. The minimum atomic E-state index is -2.41. The molecule has 0 aromatic heterocycles. The van der Waals surface area contributed by atoms with Crippen molar-refractivity contribution < 1.29 is 9.37 Å². The average molecular weight is 491 g/mol. The summed E-state index contributed by atoms with van der Waals surface area (Å²) in [5.74, 6) is 0.298. The molecule has 1 aromatic carbocycles. The average Bonchev–Trinajstić information content (AvgIpc) is 2.98. The van der Waals surface area contributed by atoms with Crippen LogP contribution in [0, 0.1) is 0 Å². The summed E-state index contributed by atoms with van der Waals surface area (Å²) in [7, 11) is 0. The van der Waals surface area contributed by atoms with Crippen LogP contribution in [0.15, 0.2) is 24.3 Å². The minimum absolute atomic E-state index is 0.298. The van der Waals surface area contributed by atoms with Gasteiger partial charge >= 0.3 is 178 Å². The van der Waals surface area contributed by atoms with Gasteiger partial charge in [0.25, 0.3) is 0 Å². The Kier molecular flexibility index (Phi) is 10.3. The fourth-order valence-electron chi connectivity index (χ4n) is 4.72. The van der Waals surface area contributed by atoms with E-state index >= 15 is 0 Å². The number of nitrogens with zero attached hydrogens (tertiary/aromatic N) is 1. The van der Waals surface area contributed by atoms with Crippen molar-refractivity contribution in [3.63, 3.8) is 0 Å². The number of unbranched alkanes of at least 4 members (excludes halogenated alkanes) is 4. The Bertz CT molecular complexity index is 642. The second-order valence-electron chi connectivity index (χ2n) is 8.80. The second kappa shape index (κ2) is 12.1. The molecule has 1 aliphatic rings. The Hall–Kier alpha value is -0.641. The third kappa shape index (κ3) is 5.93. The molecule has 28 heavy (non-hydrogen) atoms. The Morgan fingerprint density at radius 1 is 0.750 bits per heavy atom. The van der Waals surface area contributed by atoms with Gasteiger partial charge in [0.15, 0.2) is 0 Å². The summed E-state index contributed by atoms with van der Waals surface area (Å²) in [6, 6.07) is 8.35. The SMILES string of the molecule is CCCCC1=[N+]([CH2][Sn]([CH2]CCC)([CH2]CCC)[CH2]CCC)C(=O)c2ccccc21. The van der Waals surface area contributed by atoms with Gasteiger partial charge in [0, 0.05) is 0 Å². The molecule has 0 radical (unpaired) electrons. The van der Waals surface area contributed by atoms with Crippen molar-refractivity contribution in [2.45, 2.75) is 98.8 Å². The van der Waals surface area contributed by atoms with E-state index in [0.717, 1.165) is 16.5 Å². The van der Waals surface area contributed by atoms with Gasteiger partial charge in [0.2, 0.25) is 0 Å². The summed E-state index contributed by atoms with van der Waals surface area (Å²) in [5, 5.41) is 0. The van der Waals surface area contributed by atoms with Crippen molar-refractivity contribution >= 4 is 30.0 Å². The number of amides is 1. The number of hydrogen-bond acceptors (Lipinski definition) is 1. The fourth-order valence-corrected chi connectivity index (χ4v) is 20.5. The quantitative estimate of drug-likeness (QED) is 0.199. The Balaban J connectivity index is 2.41. The van der Waals surface area contributed by atoms with Gasteiger partial charge in [0.05, 0.1) is 0 Å². The van der Waals surface area contributed by atoms with E-state index in [2.05, 4.69) is 44.4 Å². The molecule has 1 amide bonds. The number of fused-ring (bicyclic) bond motifs is 1. The van der Waals surface area contributed by atoms with Crippen LogP contribution in [0.2, 0.25) is 13.3 Å². The summed E-state index contributed by atoms with van der Waals surface area (Å²) in [4.78, 5) is 13.4. The zero-order valence-electron chi connectivity index (χ0n) is 18.9. The van der Waals surface area contributed by atoms with Crippen molar-refractivity contribution in [1.29, 1.82) is 0 Å². The normalized spacial score (nSPS) is 14.1. The maximum atomic E-state index is 13.4. The zero-order valence-corrected chi connectivity index (χ0v) is 21.7. The fraction of sp³-hybridized carbons (Fsp3) is 0.680. The monoisotopic (exact) mass is 492 g/mol. The van der Waals surface area contributed by atoms with Crippen molar-refractivity contribution in [3.8, 4) is 0 Å². The van der Waals surface area contributed by atoms with Crippen LogP contribution in [0.3, 0.4) is 0 Å². The first kappa shape index (κ1) is 23.6. The first-order chi connectivity index (χ1) is 13.6. The first-order valence-corrected chi connectivity index (χ1v) is 20.0. The summed E-state index contributed by atoms with van der Waals surface area (Å²) in [5.41, 5.74) is 3.52. The van der Waals surface area contributed by atoms with Crippen molar-refractivity contribution in [3.05, 3.63) is 35.4 Å². The number of rotatable bonds is 14. The van der Waals surface area contributed by atoms with E-state index < -0.39 is 18.4 Å². The molecule has 0 unspecified atom stereocenters. The van der Waals surface area contributed by atoms with Gasteiger partial charge in [-0.3, -0.25) is 0 Å². The summed E-state index contributed by atoms with van der Waals surface area (Å²) >= 11 is -2.41. The molecule has 2 rings (SSSR count). The van der Waals surface area contributed by atoms with Crippen LogP contribution in [-0.4, -0.2) is 39.1 Å². The third-order valence-electron chi connectivity index (χ3n) is 6.48. The molecule has 0 bridgehead atoms. The van der Waals surface area contributed by atoms with Crippen LogP contribution in [-0.2, 0) is 0 Å². The molecule has 2 nitrogen and oxygen atoms in total. The molecule has 0 aliphatic carbocycles. The topological polar surface area (TPSA) is 20.1 Å². The molecular weight excluding hydrogens is 449 g/mol. The van der Waals surface area contributed by atoms with E-state index in [0.29, 0.717) is 5.91 Å². The van der Waals surface area contributed by atoms with Gasteiger partial charge in [-0.15, -0.1) is 0 Å². The molecule has 1 aromatic rings. The van der Waals surface area contributed by atoms with E-state index in [1.54, 1.807) is 0 Å². The molecule has 0 atom stereocenters. The van der Waals surface area contributed by atoms with Crippen LogP contribution >= 0.6 is 0 Å². The Labute approximate surface area is 177 Å². The molecule has 0 saturated carbocycles. The van der Waals surface area contributed by atoms with E-state index in [-0.39, 0.29) is 0 Å². The Morgan fingerprint density at radius 2 is 1.25 bits per heavy atom. The van der Waals surface area contributed by atoms with Crippen molar-refractivity contribution in [1.82, 2.24) is 0 Å². The zero-order chi connectivity index (χ0) is 20.4. The van der Waals surface area contributed by atoms with Gasteiger partial charge in [-0.2, -0.15) is 0 Å². The van der Waals surface area contributed by atoms with Gasteiger partial charge < -0.3 is 0 Å². The molecule has 0 N–H and O–H groups in total. The molecule has 0 spiro atoms. The maximum absolute atomic E-state index is 13.4. The molecule has 0 fully saturated rings. The molecule has 0 saturated heterocycles. The van der Waals surface area contributed by atoms with Crippen LogP contribution in [0.4, 0.5) is 0 Å². The van der Waals surface area contributed by atoms with Gasteiger partial charge in [-0.25, -0.2) is 0 Å². The van der Waals surface area contributed by atoms with Crippen LogP contribution in [0.5, 0.6) is 0 Å². The van der Waals surface area contributed by atoms with E-state index in [4.69, 9.17) is 0 Å². The van der Waals surface area contributed by atoms with Crippen LogP contribution in [0.25, 0.3) is 0 Å². The number of hydrogen-bond donors (Lipinski definition) is 0. The first-order valence-electron chi connectivity index (χ1n) is 11.9. The second-order valence-corrected chi connectivity index (χ2v) is 22.5. The number of carbonyl (C=O) groups is 1. The van der Waals surface area contributed by atoms with E-state index in [1.807, 2.05) is 12.1 Å². The van der Waals surface area contributed by atoms with Gasteiger partial charge in [0.1, 0.15) is 0 Å². The molecule has 156 valence electrons. The van der Waals surface area contributed by atoms with Crippen LogP contribution < -0.4 is 0 Å². The molecular formula is C25H42NOSn+. The summed E-state index contributed by atoms with van der Waals surface area (Å²) < 4.78 is 7.81. The van der Waals surface area contributed by atoms with Crippen molar-refractivity contribution in [2.24, 2.45) is 0 Å². The molecule has 1 heterocycles. The van der Waals surface area contributed by atoms with Gasteiger partial charge in [-0.05, 0) is 0 Å². The Morgan fingerprint density at radius 3 is 1.75 bits per heavy atom. The van der Waals surface area contributed by atoms with Crippen LogP contribution in [0.1, 0.15) is 101 Å². The van der Waals surface area contributed by atoms with Crippen molar-refractivity contribution in [2.75, 3.05) is 4.56 Å².